The number of halogens is 2. The van der Waals surface area contributed by atoms with E-state index in [2.05, 4.69) is 17.1 Å². The summed E-state index contributed by atoms with van der Waals surface area (Å²) in [6.07, 6.45) is 0. The van der Waals surface area contributed by atoms with Crippen molar-refractivity contribution >= 4 is 35.0 Å². The van der Waals surface area contributed by atoms with Crippen LogP contribution in [-0.2, 0) is 0 Å². The third kappa shape index (κ3) is 3.12. The van der Waals surface area contributed by atoms with Gasteiger partial charge in [-0.15, -0.1) is 22.0 Å². The molecule has 0 aliphatic rings. The van der Waals surface area contributed by atoms with Gasteiger partial charge in [0.1, 0.15) is 5.03 Å². The standard InChI is InChI=1S/C12H10Cl2N2S/c1-2-17-12-6-5-11(15-16-12)8-3-4-9(13)10(14)7-8/h3-7H,2H2,1H3. The van der Waals surface area contributed by atoms with Crippen LogP contribution in [0, 0.1) is 0 Å². The topological polar surface area (TPSA) is 25.8 Å². The van der Waals surface area contributed by atoms with Crippen LogP contribution in [0.5, 0.6) is 0 Å². The minimum Gasteiger partial charge on any atom is -0.149 e. The molecular formula is C12H10Cl2N2S. The van der Waals surface area contributed by atoms with Gasteiger partial charge in [-0.05, 0) is 30.0 Å². The summed E-state index contributed by atoms with van der Waals surface area (Å²) in [6.45, 7) is 2.08. The van der Waals surface area contributed by atoms with E-state index in [1.807, 2.05) is 18.2 Å². The molecule has 1 aromatic carbocycles. The lowest BCUT2D eigenvalue weighted by Gasteiger charge is -2.03. The average molecular weight is 285 g/mol. The third-order valence-electron chi connectivity index (χ3n) is 2.15. The Morgan fingerprint density at radius 1 is 1.06 bits per heavy atom. The molecule has 1 heterocycles. The van der Waals surface area contributed by atoms with E-state index in [9.17, 15) is 0 Å². The highest BCUT2D eigenvalue weighted by Crippen LogP contribution is 2.27. The zero-order valence-corrected chi connectivity index (χ0v) is 11.5. The summed E-state index contributed by atoms with van der Waals surface area (Å²) in [5.74, 6) is 0.987. The highest BCUT2D eigenvalue weighted by atomic mass is 35.5. The Morgan fingerprint density at radius 2 is 1.88 bits per heavy atom. The van der Waals surface area contributed by atoms with Crippen LogP contribution in [0.4, 0.5) is 0 Å². The number of nitrogens with zero attached hydrogens (tertiary/aromatic N) is 2. The highest BCUT2D eigenvalue weighted by molar-refractivity contribution is 7.99. The monoisotopic (exact) mass is 284 g/mol. The Hall–Kier alpha value is -0.770. The summed E-state index contributed by atoms with van der Waals surface area (Å²) in [4.78, 5) is 0. The van der Waals surface area contributed by atoms with Crippen molar-refractivity contribution in [2.75, 3.05) is 5.75 Å². The van der Waals surface area contributed by atoms with E-state index in [1.54, 1.807) is 23.9 Å². The van der Waals surface area contributed by atoms with Gasteiger partial charge in [-0.2, -0.15) is 0 Å². The SMILES string of the molecule is CCSc1ccc(-c2ccc(Cl)c(Cl)c2)nn1. The lowest BCUT2D eigenvalue weighted by Crippen LogP contribution is -1.89. The second kappa shape index (κ2) is 5.71. The van der Waals surface area contributed by atoms with Gasteiger partial charge in [0.05, 0.1) is 15.7 Å². The zero-order valence-electron chi connectivity index (χ0n) is 9.15. The van der Waals surface area contributed by atoms with Crippen molar-refractivity contribution in [1.82, 2.24) is 10.2 Å². The van der Waals surface area contributed by atoms with Crippen LogP contribution in [0.15, 0.2) is 35.4 Å². The zero-order chi connectivity index (χ0) is 12.3. The molecule has 0 spiro atoms. The maximum atomic E-state index is 5.96. The van der Waals surface area contributed by atoms with E-state index < -0.39 is 0 Å². The fraction of sp³-hybridized carbons (Fsp3) is 0.167. The van der Waals surface area contributed by atoms with Gasteiger partial charge < -0.3 is 0 Å². The molecule has 0 radical (unpaired) electrons. The molecule has 0 fully saturated rings. The maximum Gasteiger partial charge on any atom is 0.119 e. The minimum absolute atomic E-state index is 0.526. The smallest absolute Gasteiger partial charge is 0.119 e. The molecule has 1 aromatic heterocycles. The number of hydrogen-bond donors (Lipinski definition) is 0. The van der Waals surface area contributed by atoms with Gasteiger partial charge in [-0.3, -0.25) is 0 Å². The fourth-order valence-electron chi connectivity index (χ4n) is 1.35. The molecule has 17 heavy (non-hydrogen) atoms. The average Bonchev–Trinajstić information content (AvgIpc) is 2.34. The van der Waals surface area contributed by atoms with Crippen LogP contribution in [0.3, 0.4) is 0 Å². The molecule has 2 nitrogen and oxygen atoms in total. The van der Waals surface area contributed by atoms with E-state index in [1.165, 1.54) is 0 Å². The molecule has 2 rings (SSSR count). The van der Waals surface area contributed by atoms with Crippen molar-refractivity contribution in [3.05, 3.63) is 40.4 Å². The summed E-state index contributed by atoms with van der Waals surface area (Å²) in [5.41, 5.74) is 1.71. The first-order valence-electron chi connectivity index (χ1n) is 5.12. The van der Waals surface area contributed by atoms with Gasteiger partial charge in [0.2, 0.25) is 0 Å². The molecule has 0 bridgehead atoms. The normalized spacial score (nSPS) is 10.5. The van der Waals surface area contributed by atoms with Crippen LogP contribution in [-0.4, -0.2) is 16.0 Å². The van der Waals surface area contributed by atoms with Crippen LogP contribution < -0.4 is 0 Å². The van der Waals surface area contributed by atoms with Crippen molar-refractivity contribution in [3.8, 4) is 11.3 Å². The van der Waals surface area contributed by atoms with E-state index in [0.29, 0.717) is 10.0 Å². The molecule has 0 saturated heterocycles. The molecule has 0 N–H and O–H groups in total. The van der Waals surface area contributed by atoms with Crippen LogP contribution >= 0.6 is 35.0 Å². The summed E-state index contributed by atoms with van der Waals surface area (Å²) < 4.78 is 0. The second-order valence-electron chi connectivity index (χ2n) is 3.32. The predicted octanol–water partition coefficient (Wildman–Crippen LogP) is 4.56. The molecule has 0 saturated carbocycles. The Kier molecular flexibility index (Phi) is 4.26. The lowest BCUT2D eigenvalue weighted by atomic mass is 10.1. The Balaban J connectivity index is 2.30. The van der Waals surface area contributed by atoms with Crippen LogP contribution in [0.2, 0.25) is 10.0 Å². The third-order valence-corrected chi connectivity index (χ3v) is 3.69. The molecule has 2 aromatic rings. The molecule has 0 atom stereocenters. The molecule has 5 heteroatoms. The summed E-state index contributed by atoms with van der Waals surface area (Å²) in [5, 5.41) is 10.3. The van der Waals surface area contributed by atoms with Crippen LogP contribution in [0.1, 0.15) is 6.92 Å². The quantitative estimate of drug-likeness (QED) is 0.773. The number of thioether (sulfide) groups is 1. The van der Waals surface area contributed by atoms with Gasteiger partial charge in [0.25, 0.3) is 0 Å². The van der Waals surface area contributed by atoms with E-state index in [4.69, 9.17) is 23.2 Å². The Morgan fingerprint density at radius 3 is 2.47 bits per heavy atom. The first-order valence-corrected chi connectivity index (χ1v) is 6.87. The minimum atomic E-state index is 0.526. The first-order chi connectivity index (χ1) is 8.20. The van der Waals surface area contributed by atoms with Crippen LogP contribution in [0.25, 0.3) is 11.3 Å². The molecule has 0 unspecified atom stereocenters. The van der Waals surface area contributed by atoms with Crippen molar-refractivity contribution < 1.29 is 0 Å². The fourth-order valence-corrected chi connectivity index (χ4v) is 2.21. The molecule has 0 aliphatic carbocycles. The van der Waals surface area contributed by atoms with E-state index in [-0.39, 0.29) is 0 Å². The molecule has 0 aliphatic heterocycles. The molecule has 88 valence electrons. The lowest BCUT2D eigenvalue weighted by molar-refractivity contribution is 0.936. The first kappa shape index (κ1) is 12.7. The molecule has 0 amide bonds. The van der Waals surface area contributed by atoms with Gasteiger partial charge in [-0.25, -0.2) is 0 Å². The largest absolute Gasteiger partial charge is 0.149 e. The Labute approximate surface area is 114 Å². The van der Waals surface area contributed by atoms with Gasteiger partial charge in [0, 0.05) is 5.56 Å². The van der Waals surface area contributed by atoms with Gasteiger partial charge in [0.15, 0.2) is 0 Å². The summed E-state index contributed by atoms with van der Waals surface area (Å²) in [6, 6.07) is 9.32. The maximum absolute atomic E-state index is 5.96. The summed E-state index contributed by atoms with van der Waals surface area (Å²) >= 11 is 13.5. The second-order valence-corrected chi connectivity index (χ2v) is 5.42. The van der Waals surface area contributed by atoms with Crippen molar-refractivity contribution in [3.63, 3.8) is 0 Å². The molecular weight excluding hydrogens is 275 g/mol. The number of hydrogen-bond acceptors (Lipinski definition) is 3. The van der Waals surface area contributed by atoms with Crippen molar-refractivity contribution in [1.29, 1.82) is 0 Å². The Bertz CT molecular complexity index is 514. The van der Waals surface area contributed by atoms with Crippen molar-refractivity contribution in [2.45, 2.75) is 11.9 Å². The van der Waals surface area contributed by atoms with E-state index >= 15 is 0 Å². The predicted molar refractivity (Wildman–Crippen MR) is 73.9 cm³/mol. The highest BCUT2D eigenvalue weighted by Gasteiger charge is 2.04. The number of rotatable bonds is 3. The number of benzene rings is 1. The number of aromatic nitrogens is 2. The van der Waals surface area contributed by atoms with Crippen molar-refractivity contribution in [2.24, 2.45) is 0 Å². The van der Waals surface area contributed by atoms with Gasteiger partial charge in [-0.1, -0.05) is 36.2 Å². The van der Waals surface area contributed by atoms with Gasteiger partial charge >= 0.3 is 0 Å². The summed E-state index contributed by atoms with van der Waals surface area (Å²) in [7, 11) is 0. The van der Waals surface area contributed by atoms with E-state index in [0.717, 1.165) is 22.0 Å².